The van der Waals surface area contributed by atoms with E-state index in [0.29, 0.717) is 6.54 Å². The average Bonchev–Trinajstić information content (AvgIpc) is 2.27. The second-order valence-electron chi connectivity index (χ2n) is 2.76. The first-order valence-electron chi connectivity index (χ1n) is 4.26. The fourth-order valence-corrected chi connectivity index (χ4v) is 0.965. The van der Waals surface area contributed by atoms with Gasteiger partial charge in [0.2, 0.25) is 0 Å². The number of halogens is 1. The first-order valence-corrected chi connectivity index (χ1v) is 4.26. The van der Waals surface area contributed by atoms with Gasteiger partial charge in [-0.3, -0.25) is 0 Å². The van der Waals surface area contributed by atoms with Crippen molar-refractivity contribution in [3.8, 4) is 11.8 Å². The number of ether oxygens (including phenoxy) is 1. The number of benzene rings is 1. The third kappa shape index (κ3) is 3.08. The summed E-state index contributed by atoms with van der Waals surface area (Å²) in [5.74, 6) is 3.35. The minimum atomic E-state index is -0.701. The Hall–Kier alpha value is -1.86. The molecule has 0 heterocycles. The fourth-order valence-electron chi connectivity index (χ4n) is 0.965. The van der Waals surface area contributed by atoms with Crippen LogP contribution in [0.1, 0.15) is 11.1 Å². The summed E-state index contributed by atoms with van der Waals surface area (Å²) in [4.78, 5) is 10.7. The highest BCUT2D eigenvalue weighted by Crippen LogP contribution is 2.08. The molecular weight excluding hydrogens is 197 g/mol. The van der Waals surface area contributed by atoms with E-state index >= 15 is 0 Å². The molecule has 2 N–H and O–H groups in total. The predicted molar refractivity (Wildman–Crippen MR) is 53.2 cm³/mol. The summed E-state index contributed by atoms with van der Waals surface area (Å²) in [6.45, 7) is 0.299. The molecule has 78 valence electrons. The van der Waals surface area contributed by atoms with Crippen LogP contribution in [0.3, 0.4) is 0 Å². The highest BCUT2D eigenvalue weighted by molar-refractivity contribution is 5.89. The predicted octanol–water partition coefficient (Wildman–Crippen LogP) is 0.809. The Kier molecular flexibility index (Phi) is 3.83. The number of hydrogen-bond donors (Lipinski definition) is 1. The Labute approximate surface area is 87.0 Å². The second kappa shape index (κ2) is 5.13. The van der Waals surface area contributed by atoms with E-state index in [1.165, 1.54) is 19.2 Å². The van der Waals surface area contributed by atoms with Crippen LogP contribution >= 0.6 is 0 Å². The minimum absolute atomic E-state index is 0.142. The van der Waals surface area contributed by atoms with Crippen LogP contribution in [0.4, 0.5) is 4.39 Å². The van der Waals surface area contributed by atoms with Crippen molar-refractivity contribution in [2.45, 2.75) is 6.54 Å². The molecule has 0 aromatic heterocycles. The zero-order valence-electron chi connectivity index (χ0n) is 8.21. The second-order valence-corrected chi connectivity index (χ2v) is 2.76. The Morgan fingerprint density at radius 2 is 2.33 bits per heavy atom. The number of methoxy groups -OCH3 is 1. The van der Waals surface area contributed by atoms with Gasteiger partial charge >= 0.3 is 5.97 Å². The Bertz CT molecular complexity index is 432. The first kappa shape index (κ1) is 11.2. The molecule has 0 atom stereocenters. The Morgan fingerprint density at radius 1 is 1.60 bits per heavy atom. The SMILES string of the molecule is COC(=O)C#Cc1cc(CN)ccc1F. The van der Waals surface area contributed by atoms with Crippen molar-refractivity contribution in [1.29, 1.82) is 0 Å². The van der Waals surface area contributed by atoms with E-state index in [2.05, 4.69) is 16.6 Å². The van der Waals surface area contributed by atoms with Gasteiger partial charge in [-0.1, -0.05) is 12.0 Å². The van der Waals surface area contributed by atoms with Gasteiger partial charge in [0, 0.05) is 12.5 Å². The molecule has 1 rings (SSSR count). The number of esters is 1. The highest BCUT2D eigenvalue weighted by Gasteiger charge is 2.00. The lowest BCUT2D eigenvalue weighted by atomic mass is 10.1. The third-order valence-electron chi connectivity index (χ3n) is 1.75. The first-order chi connectivity index (χ1) is 7.17. The maximum atomic E-state index is 13.2. The molecule has 15 heavy (non-hydrogen) atoms. The van der Waals surface area contributed by atoms with Gasteiger partial charge in [0.05, 0.1) is 12.7 Å². The molecule has 0 bridgehead atoms. The summed E-state index contributed by atoms with van der Waals surface area (Å²) >= 11 is 0. The third-order valence-corrected chi connectivity index (χ3v) is 1.75. The standard InChI is InChI=1S/C11H10FNO2/c1-15-11(14)5-3-9-6-8(7-13)2-4-10(9)12/h2,4,6H,7,13H2,1H3. The molecule has 0 aliphatic carbocycles. The van der Waals surface area contributed by atoms with Crippen LogP contribution in [0.2, 0.25) is 0 Å². The van der Waals surface area contributed by atoms with Gasteiger partial charge in [0.15, 0.2) is 0 Å². The molecule has 0 unspecified atom stereocenters. The highest BCUT2D eigenvalue weighted by atomic mass is 19.1. The van der Waals surface area contributed by atoms with Crippen LogP contribution in [0, 0.1) is 17.7 Å². The van der Waals surface area contributed by atoms with E-state index in [0.717, 1.165) is 5.56 Å². The van der Waals surface area contributed by atoms with Crippen LogP contribution < -0.4 is 5.73 Å². The number of carbonyl (C=O) groups is 1. The number of rotatable bonds is 1. The van der Waals surface area contributed by atoms with Crippen molar-refractivity contribution in [3.63, 3.8) is 0 Å². The topological polar surface area (TPSA) is 52.3 Å². The van der Waals surface area contributed by atoms with E-state index < -0.39 is 11.8 Å². The molecule has 0 radical (unpaired) electrons. The van der Waals surface area contributed by atoms with Crippen molar-refractivity contribution in [2.75, 3.05) is 7.11 Å². The summed E-state index contributed by atoms with van der Waals surface area (Å²) < 4.78 is 17.5. The molecule has 4 heteroatoms. The maximum Gasteiger partial charge on any atom is 0.384 e. The van der Waals surface area contributed by atoms with E-state index in [-0.39, 0.29) is 5.56 Å². The van der Waals surface area contributed by atoms with Gasteiger partial charge in [-0.15, -0.1) is 0 Å². The van der Waals surface area contributed by atoms with Crippen molar-refractivity contribution >= 4 is 5.97 Å². The molecule has 1 aromatic carbocycles. The fraction of sp³-hybridized carbons (Fsp3) is 0.182. The quantitative estimate of drug-likeness (QED) is 0.547. The number of nitrogens with two attached hydrogens (primary N) is 1. The molecule has 0 saturated carbocycles. The summed E-state index contributed by atoms with van der Waals surface area (Å²) in [6.07, 6.45) is 0. The van der Waals surface area contributed by atoms with Crippen LogP contribution in [-0.4, -0.2) is 13.1 Å². The molecular formula is C11H10FNO2. The van der Waals surface area contributed by atoms with E-state index in [1.54, 1.807) is 6.07 Å². The van der Waals surface area contributed by atoms with Gasteiger partial charge in [0.1, 0.15) is 5.82 Å². The number of carbonyl (C=O) groups excluding carboxylic acids is 1. The lowest BCUT2D eigenvalue weighted by molar-refractivity contribution is -0.133. The van der Waals surface area contributed by atoms with Crippen molar-refractivity contribution in [1.82, 2.24) is 0 Å². The van der Waals surface area contributed by atoms with E-state index in [1.807, 2.05) is 0 Å². The van der Waals surface area contributed by atoms with Crippen molar-refractivity contribution < 1.29 is 13.9 Å². The largest absolute Gasteiger partial charge is 0.459 e. The van der Waals surface area contributed by atoms with Crippen LogP contribution in [-0.2, 0) is 16.1 Å². The van der Waals surface area contributed by atoms with Gasteiger partial charge in [-0.05, 0) is 17.7 Å². The molecule has 3 nitrogen and oxygen atoms in total. The molecule has 0 aliphatic rings. The lowest BCUT2D eigenvalue weighted by Crippen LogP contribution is -1.98. The van der Waals surface area contributed by atoms with E-state index in [9.17, 15) is 9.18 Å². The van der Waals surface area contributed by atoms with Gasteiger partial charge in [-0.25, -0.2) is 9.18 Å². The van der Waals surface area contributed by atoms with Crippen LogP contribution in [0.25, 0.3) is 0 Å². The lowest BCUT2D eigenvalue weighted by Gasteiger charge is -1.98. The van der Waals surface area contributed by atoms with Gasteiger partial charge < -0.3 is 10.5 Å². The molecule has 0 saturated heterocycles. The average molecular weight is 207 g/mol. The Balaban J connectivity index is 3.01. The van der Waals surface area contributed by atoms with Gasteiger partial charge in [-0.2, -0.15) is 0 Å². The summed E-state index contributed by atoms with van der Waals surface area (Å²) in [5, 5.41) is 0. The zero-order chi connectivity index (χ0) is 11.3. The molecule has 1 aromatic rings. The van der Waals surface area contributed by atoms with Crippen molar-refractivity contribution in [3.05, 3.63) is 35.1 Å². The van der Waals surface area contributed by atoms with Gasteiger partial charge in [0.25, 0.3) is 0 Å². The number of hydrogen-bond acceptors (Lipinski definition) is 3. The van der Waals surface area contributed by atoms with Crippen molar-refractivity contribution in [2.24, 2.45) is 5.73 Å². The zero-order valence-corrected chi connectivity index (χ0v) is 8.21. The van der Waals surface area contributed by atoms with Crippen LogP contribution in [0.5, 0.6) is 0 Å². The molecule has 0 amide bonds. The Morgan fingerprint density at radius 3 is 2.93 bits per heavy atom. The molecule has 0 fully saturated rings. The van der Waals surface area contributed by atoms with E-state index in [4.69, 9.17) is 5.73 Å². The normalized spacial score (nSPS) is 9.00. The minimum Gasteiger partial charge on any atom is -0.459 e. The summed E-state index contributed by atoms with van der Waals surface area (Å²) in [7, 11) is 1.21. The monoisotopic (exact) mass is 207 g/mol. The molecule has 0 spiro atoms. The summed E-state index contributed by atoms with van der Waals surface area (Å²) in [6, 6.07) is 4.34. The maximum absolute atomic E-state index is 13.2. The van der Waals surface area contributed by atoms with Crippen LogP contribution in [0.15, 0.2) is 18.2 Å². The smallest absolute Gasteiger partial charge is 0.384 e. The molecule has 0 aliphatic heterocycles. The summed E-state index contributed by atoms with van der Waals surface area (Å²) in [5.41, 5.74) is 6.29.